The lowest BCUT2D eigenvalue weighted by molar-refractivity contribution is -0.125. The molecule has 3 amide bonds. The van der Waals surface area contributed by atoms with Gasteiger partial charge in [-0.3, -0.25) is 19.9 Å². The van der Waals surface area contributed by atoms with Crippen LogP contribution in [-0.2, 0) is 4.79 Å². The SMILES string of the molecule is CC(C(=O)NC(=O)NC1CC1)N1CCN(C2CCCC2)CC1. The molecule has 0 aromatic carbocycles. The summed E-state index contributed by atoms with van der Waals surface area (Å²) < 4.78 is 0. The molecule has 124 valence electrons. The highest BCUT2D eigenvalue weighted by Gasteiger charge is 2.31. The number of nitrogens with zero attached hydrogens (tertiary/aromatic N) is 2. The number of imide groups is 1. The standard InChI is InChI=1S/C16H28N4O2/c1-12(15(21)18-16(22)17-13-6-7-13)19-8-10-20(11-9-19)14-4-2-3-5-14/h12-14H,2-11H2,1H3,(H2,17,18,21,22). The number of urea groups is 1. The highest BCUT2D eigenvalue weighted by atomic mass is 16.2. The van der Waals surface area contributed by atoms with Crippen LogP contribution in [0.4, 0.5) is 4.79 Å². The fourth-order valence-electron chi connectivity index (χ4n) is 3.59. The van der Waals surface area contributed by atoms with Crippen molar-refractivity contribution in [2.24, 2.45) is 0 Å². The van der Waals surface area contributed by atoms with Crippen LogP contribution >= 0.6 is 0 Å². The maximum Gasteiger partial charge on any atom is 0.321 e. The summed E-state index contributed by atoms with van der Waals surface area (Å²) in [5.41, 5.74) is 0. The smallest absolute Gasteiger partial charge is 0.321 e. The average Bonchev–Trinajstić information content (AvgIpc) is 3.16. The monoisotopic (exact) mass is 308 g/mol. The molecule has 0 aromatic heterocycles. The number of amides is 3. The Hall–Kier alpha value is -1.14. The maximum absolute atomic E-state index is 12.2. The molecule has 2 aliphatic carbocycles. The van der Waals surface area contributed by atoms with E-state index in [-0.39, 0.29) is 24.0 Å². The lowest BCUT2D eigenvalue weighted by Gasteiger charge is -2.40. The summed E-state index contributed by atoms with van der Waals surface area (Å²) in [5.74, 6) is -0.188. The van der Waals surface area contributed by atoms with Crippen molar-refractivity contribution in [3.63, 3.8) is 0 Å². The molecule has 3 fully saturated rings. The van der Waals surface area contributed by atoms with E-state index in [4.69, 9.17) is 0 Å². The van der Waals surface area contributed by atoms with E-state index in [1.54, 1.807) is 0 Å². The van der Waals surface area contributed by atoms with Crippen molar-refractivity contribution < 1.29 is 9.59 Å². The first-order chi connectivity index (χ1) is 10.6. The molecule has 2 N–H and O–H groups in total. The van der Waals surface area contributed by atoms with Gasteiger partial charge in [-0.1, -0.05) is 12.8 Å². The number of carbonyl (C=O) groups is 2. The van der Waals surface area contributed by atoms with E-state index >= 15 is 0 Å². The molecule has 1 atom stereocenters. The quantitative estimate of drug-likeness (QED) is 0.811. The summed E-state index contributed by atoms with van der Waals surface area (Å²) in [4.78, 5) is 28.6. The molecule has 6 nitrogen and oxygen atoms in total. The van der Waals surface area contributed by atoms with Crippen molar-refractivity contribution in [1.82, 2.24) is 20.4 Å². The van der Waals surface area contributed by atoms with E-state index in [0.29, 0.717) is 0 Å². The van der Waals surface area contributed by atoms with E-state index in [9.17, 15) is 9.59 Å². The van der Waals surface area contributed by atoms with Gasteiger partial charge in [-0.2, -0.15) is 0 Å². The second kappa shape index (κ2) is 6.96. The van der Waals surface area contributed by atoms with Gasteiger partial charge in [0.1, 0.15) is 0 Å². The largest absolute Gasteiger partial charge is 0.335 e. The van der Waals surface area contributed by atoms with Gasteiger partial charge in [-0.25, -0.2) is 4.79 Å². The van der Waals surface area contributed by atoms with Gasteiger partial charge in [0.15, 0.2) is 0 Å². The lowest BCUT2D eigenvalue weighted by Crippen LogP contribution is -2.56. The number of rotatable bonds is 4. The summed E-state index contributed by atoms with van der Waals surface area (Å²) >= 11 is 0. The van der Waals surface area contributed by atoms with Crippen LogP contribution in [0.15, 0.2) is 0 Å². The summed E-state index contributed by atoms with van der Waals surface area (Å²) in [6.07, 6.45) is 7.44. The van der Waals surface area contributed by atoms with Gasteiger partial charge in [0.05, 0.1) is 6.04 Å². The zero-order valence-corrected chi connectivity index (χ0v) is 13.5. The molecule has 1 saturated heterocycles. The minimum absolute atomic E-state index is 0.188. The first-order valence-corrected chi connectivity index (χ1v) is 8.73. The van der Waals surface area contributed by atoms with Crippen LogP contribution in [0, 0.1) is 0 Å². The topological polar surface area (TPSA) is 64.7 Å². The summed E-state index contributed by atoms with van der Waals surface area (Å²) in [7, 11) is 0. The second-order valence-electron chi connectivity index (χ2n) is 6.92. The highest BCUT2D eigenvalue weighted by molar-refractivity contribution is 5.96. The fourth-order valence-corrected chi connectivity index (χ4v) is 3.59. The van der Waals surface area contributed by atoms with E-state index in [1.807, 2.05) is 6.92 Å². The predicted octanol–water partition coefficient (Wildman–Crippen LogP) is 0.923. The van der Waals surface area contributed by atoms with E-state index in [2.05, 4.69) is 20.4 Å². The number of nitrogens with one attached hydrogen (secondary N) is 2. The Balaban J connectivity index is 1.41. The second-order valence-corrected chi connectivity index (χ2v) is 6.92. The lowest BCUT2D eigenvalue weighted by atomic mass is 10.1. The van der Waals surface area contributed by atoms with Gasteiger partial charge in [-0.15, -0.1) is 0 Å². The molecule has 0 aromatic rings. The minimum atomic E-state index is -0.344. The molecule has 0 spiro atoms. The Morgan fingerprint density at radius 1 is 1.00 bits per heavy atom. The summed E-state index contributed by atoms with van der Waals surface area (Å²) in [5, 5.41) is 5.26. The Morgan fingerprint density at radius 3 is 2.23 bits per heavy atom. The molecular formula is C16H28N4O2. The van der Waals surface area contributed by atoms with Crippen molar-refractivity contribution in [1.29, 1.82) is 0 Å². The van der Waals surface area contributed by atoms with Crippen LogP contribution in [-0.4, -0.2) is 66.0 Å². The molecule has 3 rings (SSSR count). The van der Waals surface area contributed by atoms with Gasteiger partial charge in [0.25, 0.3) is 0 Å². The van der Waals surface area contributed by atoms with Gasteiger partial charge < -0.3 is 5.32 Å². The molecule has 3 aliphatic rings. The average molecular weight is 308 g/mol. The third-order valence-electron chi connectivity index (χ3n) is 5.27. The minimum Gasteiger partial charge on any atom is -0.335 e. The molecule has 1 unspecified atom stereocenters. The third kappa shape index (κ3) is 3.98. The van der Waals surface area contributed by atoms with Crippen molar-refractivity contribution >= 4 is 11.9 Å². The van der Waals surface area contributed by atoms with Crippen LogP contribution in [0.2, 0.25) is 0 Å². The van der Waals surface area contributed by atoms with Gasteiger partial charge >= 0.3 is 6.03 Å². The van der Waals surface area contributed by atoms with Gasteiger partial charge in [0, 0.05) is 38.3 Å². The summed E-state index contributed by atoms with van der Waals surface area (Å²) in [6, 6.07) is 0.452. The Morgan fingerprint density at radius 2 is 1.64 bits per heavy atom. The van der Waals surface area contributed by atoms with Crippen LogP contribution < -0.4 is 10.6 Å². The normalized spacial score (nSPS) is 25.9. The van der Waals surface area contributed by atoms with Crippen LogP contribution in [0.25, 0.3) is 0 Å². The number of piperazine rings is 1. The van der Waals surface area contributed by atoms with Crippen molar-refractivity contribution in [3.8, 4) is 0 Å². The van der Waals surface area contributed by atoms with Crippen LogP contribution in [0.1, 0.15) is 45.4 Å². The third-order valence-corrected chi connectivity index (χ3v) is 5.27. The first-order valence-electron chi connectivity index (χ1n) is 8.73. The molecular weight excluding hydrogens is 280 g/mol. The first kappa shape index (κ1) is 15.7. The fraction of sp³-hybridized carbons (Fsp3) is 0.875. The molecule has 6 heteroatoms. The zero-order valence-electron chi connectivity index (χ0n) is 13.5. The van der Waals surface area contributed by atoms with E-state index in [0.717, 1.165) is 45.1 Å². The van der Waals surface area contributed by atoms with E-state index in [1.165, 1.54) is 25.7 Å². The number of hydrogen-bond donors (Lipinski definition) is 2. The number of carbonyl (C=O) groups excluding carboxylic acids is 2. The van der Waals surface area contributed by atoms with Crippen molar-refractivity contribution in [2.75, 3.05) is 26.2 Å². The van der Waals surface area contributed by atoms with Gasteiger partial charge in [0.2, 0.25) is 5.91 Å². The molecule has 0 radical (unpaired) electrons. The zero-order chi connectivity index (χ0) is 15.5. The Labute approximate surface area is 132 Å². The Kier molecular flexibility index (Phi) is 4.98. The highest BCUT2D eigenvalue weighted by Crippen LogP contribution is 2.24. The van der Waals surface area contributed by atoms with Crippen LogP contribution in [0.3, 0.4) is 0 Å². The molecule has 22 heavy (non-hydrogen) atoms. The maximum atomic E-state index is 12.2. The predicted molar refractivity (Wildman–Crippen MR) is 84.6 cm³/mol. The molecule has 1 aliphatic heterocycles. The van der Waals surface area contributed by atoms with Crippen molar-refractivity contribution in [2.45, 2.75) is 63.6 Å². The van der Waals surface area contributed by atoms with Gasteiger partial charge in [-0.05, 0) is 32.6 Å². The molecule has 0 bridgehead atoms. The van der Waals surface area contributed by atoms with Crippen molar-refractivity contribution in [3.05, 3.63) is 0 Å². The number of hydrogen-bond acceptors (Lipinski definition) is 4. The van der Waals surface area contributed by atoms with E-state index < -0.39 is 0 Å². The summed E-state index contributed by atoms with van der Waals surface area (Å²) in [6.45, 7) is 5.79. The molecule has 1 heterocycles. The van der Waals surface area contributed by atoms with Crippen LogP contribution in [0.5, 0.6) is 0 Å². The Bertz CT molecular complexity index is 410. The molecule has 2 saturated carbocycles.